The molecule has 1 atom stereocenters. The van der Waals surface area contributed by atoms with Crippen molar-refractivity contribution in [2.45, 2.75) is 13.5 Å². The van der Waals surface area contributed by atoms with Crippen molar-refractivity contribution >= 4 is 11.6 Å². The van der Waals surface area contributed by atoms with Crippen LogP contribution in [-0.4, -0.2) is 31.1 Å². The van der Waals surface area contributed by atoms with Gasteiger partial charge in [0.25, 0.3) is 0 Å². The molecule has 1 aromatic carbocycles. The predicted molar refractivity (Wildman–Crippen MR) is 68.8 cm³/mol. The summed E-state index contributed by atoms with van der Waals surface area (Å²) in [5, 5.41) is 4.33. The number of hydrogen-bond acceptors (Lipinski definition) is 2. The Bertz CT molecular complexity index is 340. The van der Waals surface area contributed by atoms with Crippen LogP contribution in [0.5, 0.6) is 0 Å². The zero-order valence-corrected chi connectivity index (χ0v) is 10.5. The number of rotatable bonds is 2. The third kappa shape index (κ3) is 3.21. The van der Waals surface area contributed by atoms with Crippen molar-refractivity contribution in [2.75, 3.05) is 26.2 Å². The van der Waals surface area contributed by atoms with Crippen LogP contribution in [0, 0.1) is 5.92 Å². The molecule has 1 saturated heterocycles. The van der Waals surface area contributed by atoms with Gasteiger partial charge in [-0.25, -0.2) is 0 Å². The second-order valence-electron chi connectivity index (χ2n) is 4.64. The van der Waals surface area contributed by atoms with Gasteiger partial charge in [-0.2, -0.15) is 0 Å². The summed E-state index contributed by atoms with van der Waals surface area (Å²) in [6.45, 7) is 7.71. The Morgan fingerprint density at radius 1 is 1.44 bits per heavy atom. The Balaban J connectivity index is 2.00. The average molecular weight is 239 g/mol. The molecule has 88 valence electrons. The lowest BCUT2D eigenvalue weighted by molar-refractivity contribution is 0.257. The van der Waals surface area contributed by atoms with E-state index in [9.17, 15) is 0 Å². The van der Waals surface area contributed by atoms with Crippen LogP contribution >= 0.6 is 11.6 Å². The molecular weight excluding hydrogens is 220 g/mol. The highest BCUT2D eigenvalue weighted by Gasteiger charge is 2.14. The van der Waals surface area contributed by atoms with E-state index in [1.165, 1.54) is 5.56 Å². The molecular formula is C13H19ClN2. The second kappa shape index (κ2) is 5.67. The summed E-state index contributed by atoms with van der Waals surface area (Å²) >= 11 is 6.18. The summed E-state index contributed by atoms with van der Waals surface area (Å²) in [6, 6.07) is 8.13. The maximum atomic E-state index is 6.18. The molecule has 0 spiro atoms. The van der Waals surface area contributed by atoms with E-state index in [4.69, 9.17) is 11.6 Å². The molecule has 2 nitrogen and oxygen atoms in total. The minimum absolute atomic E-state index is 0.713. The van der Waals surface area contributed by atoms with E-state index in [1.807, 2.05) is 12.1 Å². The summed E-state index contributed by atoms with van der Waals surface area (Å²) in [5.41, 5.74) is 1.23. The van der Waals surface area contributed by atoms with Gasteiger partial charge in [-0.15, -0.1) is 0 Å². The van der Waals surface area contributed by atoms with Crippen LogP contribution in [0.15, 0.2) is 24.3 Å². The van der Waals surface area contributed by atoms with Gasteiger partial charge in [-0.05, 0) is 24.1 Å². The highest BCUT2D eigenvalue weighted by atomic mass is 35.5. The molecule has 0 bridgehead atoms. The molecule has 0 radical (unpaired) electrons. The molecule has 0 saturated carbocycles. The molecule has 3 heteroatoms. The number of nitrogens with zero attached hydrogens (tertiary/aromatic N) is 1. The fourth-order valence-corrected chi connectivity index (χ4v) is 2.39. The first-order valence-electron chi connectivity index (χ1n) is 5.92. The lowest BCUT2D eigenvalue weighted by atomic mass is 10.1. The van der Waals surface area contributed by atoms with Gasteiger partial charge in [0.05, 0.1) is 0 Å². The molecule has 0 amide bonds. The quantitative estimate of drug-likeness (QED) is 0.851. The lowest BCUT2D eigenvalue weighted by Crippen LogP contribution is -2.29. The van der Waals surface area contributed by atoms with Gasteiger partial charge in [-0.1, -0.05) is 36.7 Å². The minimum Gasteiger partial charge on any atom is -0.315 e. The molecule has 1 fully saturated rings. The molecule has 1 aliphatic heterocycles. The van der Waals surface area contributed by atoms with Crippen molar-refractivity contribution in [2.24, 2.45) is 5.92 Å². The molecule has 2 rings (SSSR count). The Morgan fingerprint density at radius 2 is 2.25 bits per heavy atom. The molecule has 1 unspecified atom stereocenters. The molecule has 1 N–H and O–H groups in total. The number of hydrogen-bond donors (Lipinski definition) is 1. The zero-order chi connectivity index (χ0) is 11.4. The average Bonchev–Trinajstić information content (AvgIpc) is 2.46. The van der Waals surface area contributed by atoms with Gasteiger partial charge in [-0.3, -0.25) is 4.90 Å². The topological polar surface area (TPSA) is 15.3 Å². The van der Waals surface area contributed by atoms with E-state index in [0.29, 0.717) is 5.92 Å². The number of benzene rings is 1. The van der Waals surface area contributed by atoms with Gasteiger partial charge in [0.2, 0.25) is 0 Å². The Labute approximate surface area is 103 Å². The molecule has 16 heavy (non-hydrogen) atoms. The standard InChI is InChI=1S/C13H19ClN2/c1-11-8-15-6-7-16(9-11)10-12-4-2-3-5-13(12)14/h2-5,11,15H,6-10H2,1H3. The number of nitrogens with one attached hydrogen (secondary N) is 1. The zero-order valence-electron chi connectivity index (χ0n) is 9.75. The first kappa shape index (κ1) is 11.9. The van der Waals surface area contributed by atoms with Crippen molar-refractivity contribution in [3.63, 3.8) is 0 Å². The van der Waals surface area contributed by atoms with Crippen molar-refractivity contribution in [3.8, 4) is 0 Å². The van der Waals surface area contributed by atoms with Gasteiger partial charge < -0.3 is 5.32 Å². The van der Waals surface area contributed by atoms with Gasteiger partial charge in [0, 0.05) is 31.2 Å². The first-order chi connectivity index (χ1) is 7.75. The van der Waals surface area contributed by atoms with E-state index in [0.717, 1.165) is 37.7 Å². The molecule has 0 aliphatic carbocycles. The van der Waals surface area contributed by atoms with E-state index in [-0.39, 0.29) is 0 Å². The fourth-order valence-electron chi connectivity index (χ4n) is 2.19. The highest BCUT2D eigenvalue weighted by Crippen LogP contribution is 2.17. The van der Waals surface area contributed by atoms with Crippen LogP contribution in [0.25, 0.3) is 0 Å². The van der Waals surface area contributed by atoms with E-state index < -0.39 is 0 Å². The highest BCUT2D eigenvalue weighted by molar-refractivity contribution is 6.31. The first-order valence-corrected chi connectivity index (χ1v) is 6.30. The monoisotopic (exact) mass is 238 g/mol. The third-order valence-corrected chi connectivity index (χ3v) is 3.39. The maximum absolute atomic E-state index is 6.18. The summed E-state index contributed by atoms with van der Waals surface area (Å²) < 4.78 is 0. The lowest BCUT2D eigenvalue weighted by Gasteiger charge is -2.22. The Kier molecular flexibility index (Phi) is 4.22. The Hall–Kier alpha value is -0.570. The fraction of sp³-hybridized carbons (Fsp3) is 0.538. The van der Waals surface area contributed by atoms with E-state index >= 15 is 0 Å². The minimum atomic E-state index is 0.713. The SMILES string of the molecule is CC1CNCCN(Cc2ccccc2Cl)C1. The molecule has 0 aromatic heterocycles. The maximum Gasteiger partial charge on any atom is 0.0451 e. The van der Waals surface area contributed by atoms with Crippen molar-refractivity contribution in [1.29, 1.82) is 0 Å². The van der Waals surface area contributed by atoms with Gasteiger partial charge in [0.1, 0.15) is 0 Å². The molecule has 1 aromatic rings. The van der Waals surface area contributed by atoms with Crippen LogP contribution < -0.4 is 5.32 Å². The van der Waals surface area contributed by atoms with Crippen molar-refractivity contribution in [3.05, 3.63) is 34.9 Å². The smallest absolute Gasteiger partial charge is 0.0451 e. The Morgan fingerprint density at radius 3 is 3.06 bits per heavy atom. The summed E-state index contributed by atoms with van der Waals surface area (Å²) in [4.78, 5) is 2.48. The van der Waals surface area contributed by atoms with Crippen molar-refractivity contribution in [1.82, 2.24) is 10.2 Å². The normalized spacial score (nSPS) is 23.0. The van der Waals surface area contributed by atoms with Crippen LogP contribution in [0.4, 0.5) is 0 Å². The van der Waals surface area contributed by atoms with Crippen LogP contribution in [0.2, 0.25) is 5.02 Å². The summed E-state index contributed by atoms with van der Waals surface area (Å²) in [5.74, 6) is 0.713. The van der Waals surface area contributed by atoms with E-state index in [2.05, 4.69) is 29.3 Å². The van der Waals surface area contributed by atoms with Crippen molar-refractivity contribution < 1.29 is 0 Å². The second-order valence-corrected chi connectivity index (χ2v) is 5.04. The van der Waals surface area contributed by atoms with Crippen LogP contribution in [0.1, 0.15) is 12.5 Å². The number of halogens is 1. The summed E-state index contributed by atoms with van der Waals surface area (Å²) in [6.07, 6.45) is 0. The van der Waals surface area contributed by atoms with Gasteiger partial charge in [0.15, 0.2) is 0 Å². The molecule has 1 aliphatic rings. The largest absolute Gasteiger partial charge is 0.315 e. The predicted octanol–water partition coefficient (Wildman–Crippen LogP) is 2.38. The van der Waals surface area contributed by atoms with Gasteiger partial charge >= 0.3 is 0 Å². The van der Waals surface area contributed by atoms with E-state index in [1.54, 1.807) is 0 Å². The third-order valence-electron chi connectivity index (χ3n) is 3.02. The molecule has 1 heterocycles. The van der Waals surface area contributed by atoms with Crippen LogP contribution in [0.3, 0.4) is 0 Å². The van der Waals surface area contributed by atoms with Crippen LogP contribution in [-0.2, 0) is 6.54 Å². The summed E-state index contributed by atoms with van der Waals surface area (Å²) in [7, 11) is 0.